The summed E-state index contributed by atoms with van der Waals surface area (Å²) < 4.78 is 11.1. The molecule has 2 atom stereocenters. The van der Waals surface area contributed by atoms with Crippen molar-refractivity contribution in [2.45, 2.75) is 51.6 Å². The van der Waals surface area contributed by atoms with Crippen molar-refractivity contribution in [1.29, 1.82) is 0 Å². The molecule has 9 heteroatoms. The lowest BCUT2D eigenvalue weighted by Crippen LogP contribution is -2.42. The van der Waals surface area contributed by atoms with E-state index in [1.807, 2.05) is 30.3 Å². The first-order chi connectivity index (χ1) is 17.5. The number of aliphatic hydroxyl groups excluding tert-OH is 1. The van der Waals surface area contributed by atoms with Crippen molar-refractivity contribution in [1.82, 2.24) is 19.9 Å². The van der Waals surface area contributed by atoms with Gasteiger partial charge in [-0.3, -0.25) is 9.69 Å². The van der Waals surface area contributed by atoms with Crippen LogP contribution in [0.2, 0.25) is 0 Å². The second-order valence-corrected chi connectivity index (χ2v) is 9.44. The fourth-order valence-corrected chi connectivity index (χ4v) is 4.42. The van der Waals surface area contributed by atoms with Crippen molar-refractivity contribution in [3.05, 3.63) is 52.4 Å². The van der Waals surface area contributed by atoms with E-state index in [0.29, 0.717) is 37.1 Å². The number of fused-ring (bicyclic) bond motifs is 1. The minimum Gasteiger partial charge on any atom is -0.491 e. The van der Waals surface area contributed by atoms with Gasteiger partial charge in [0.1, 0.15) is 24.1 Å². The van der Waals surface area contributed by atoms with Gasteiger partial charge >= 0.3 is 0 Å². The molecule has 2 aromatic heterocycles. The number of ether oxygens (including phenoxy) is 2. The summed E-state index contributed by atoms with van der Waals surface area (Å²) in [4.78, 5) is 26.3. The number of pyridine rings is 1. The zero-order valence-electron chi connectivity index (χ0n) is 21.2. The van der Waals surface area contributed by atoms with Crippen LogP contribution in [0.5, 0.6) is 5.75 Å². The van der Waals surface area contributed by atoms with Crippen LogP contribution in [0.1, 0.15) is 51.1 Å². The maximum atomic E-state index is 11.9. The van der Waals surface area contributed by atoms with Crippen LogP contribution in [0.15, 0.2) is 41.2 Å². The third-order valence-corrected chi connectivity index (χ3v) is 6.45. The fraction of sp³-hybridized carbons (Fsp3) is 0.519. The number of morpholine rings is 1. The van der Waals surface area contributed by atoms with E-state index in [2.05, 4.69) is 34.0 Å². The Kier molecular flexibility index (Phi) is 9.27. The summed E-state index contributed by atoms with van der Waals surface area (Å²) in [5.74, 6) is 1.36. The largest absolute Gasteiger partial charge is 0.491 e. The van der Waals surface area contributed by atoms with Crippen molar-refractivity contribution in [3.63, 3.8) is 0 Å². The van der Waals surface area contributed by atoms with Gasteiger partial charge in [-0.25, -0.2) is 4.98 Å². The van der Waals surface area contributed by atoms with E-state index in [9.17, 15) is 9.90 Å². The molecule has 36 heavy (non-hydrogen) atoms. The summed E-state index contributed by atoms with van der Waals surface area (Å²) in [5, 5.41) is 14.4. The predicted octanol–water partition coefficient (Wildman–Crippen LogP) is 3.82. The molecule has 0 spiro atoms. The van der Waals surface area contributed by atoms with E-state index in [-0.39, 0.29) is 18.1 Å². The molecule has 3 heterocycles. The first-order valence-corrected chi connectivity index (χ1v) is 12.9. The summed E-state index contributed by atoms with van der Waals surface area (Å²) in [6.45, 7) is 8.25. The Hall–Kier alpha value is -3.01. The van der Waals surface area contributed by atoms with Crippen LogP contribution in [0.3, 0.4) is 0 Å². The Morgan fingerprint density at radius 3 is 2.67 bits per heavy atom. The number of aliphatic hydroxyl groups is 1. The number of anilines is 2. The van der Waals surface area contributed by atoms with Gasteiger partial charge < -0.3 is 24.9 Å². The van der Waals surface area contributed by atoms with Crippen LogP contribution in [-0.4, -0.2) is 70.5 Å². The Morgan fingerprint density at radius 2 is 1.92 bits per heavy atom. The summed E-state index contributed by atoms with van der Waals surface area (Å²) in [5.41, 5.74) is 2.09. The summed E-state index contributed by atoms with van der Waals surface area (Å²) in [6, 6.07) is 10.8. The molecular weight excluding hydrogens is 458 g/mol. The third-order valence-electron chi connectivity index (χ3n) is 6.45. The van der Waals surface area contributed by atoms with Crippen LogP contribution in [0.25, 0.3) is 11.0 Å². The molecule has 1 fully saturated rings. The van der Waals surface area contributed by atoms with Crippen LogP contribution in [0.4, 0.5) is 11.6 Å². The van der Waals surface area contributed by atoms with Crippen molar-refractivity contribution in [2.75, 3.05) is 44.8 Å². The number of hydrogen-bond acceptors (Lipinski definition) is 8. The number of nitrogens with zero attached hydrogens (tertiary/aromatic N) is 3. The molecule has 0 aliphatic carbocycles. The van der Waals surface area contributed by atoms with E-state index in [4.69, 9.17) is 14.5 Å². The van der Waals surface area contributed by atoms with Crippen LogP contribution >= 0.6 is 0 Å². The van der Waals surface area contributed by atoms with Crippen LogP contribution < -0.4 is 15.6 Å². The van der Waals surface area contributed by atoms with E-state index in [0.717, 1.165) is 42.7 Å². The molecule has 0 radical (unpaired) electrons. The standard InChI is InChI=1S/C27H37N5O4/c1-3-4-5-6-19(2)25-23-11-12-24(34)29-26(23)31-27(30-25)28-20-7-9-22(10-8-20)36-18-21(33)17-32-13-15-35-16-14-32/h7-12,19,21,33H,3-6,13-18H2,1-2H3,(H2,28,29,30,31,34). The number of rotatable bonds is 12. The zero-order valence-corrected chi connectivity index (χ0v) is 21.2. The molecule has 194 valence electrons. The quantitative estimate of drug-likeness (QED) is 0.325. The average molecular weight is 496 g/mol. The number of benzene rings is 1. The number of aromatic amines is 1. The maximum absolute atomic E-state index is 11.9. The van der Waals surface area contributed by atoms with Crippen molar-refractivity contribution in [2.24, 2.45) is 0 Å². The van der Waals surface area contributed by atoms with Crippen LogP contribution in [0, 0.1) is 0 Å². The minimum absolute atomic E-state index is 0.186. The second kappa shape index (κ2) is 12.8. The second-order valence-electron chi connectivity index (χ2n) is 9.44. The highest BCUT2D eigenvalue weighted by atomic mass is 16.5. The van der Waals surface area contributed by atoms with Crippen molar-refractivity contribution < 1.29 is 14.6 Å². The minimum atomic E-state index is -0.563. The lowest BCUT2D eigenvalue weighted by Gasteiger charge is -2.28. The molecule has 1 aliphatic heterocycles. The highest BCUT2D eigenvalue weighted by Gasteiger charge is 2.16. The molecule has 3 N–H and O–H groups in total. The van der Waals surface area contributed by atoms with Gasteiger partial charge in [-0.05, 0) is 42.7 Å². The monoisotopic (exact) mass is 495 g/mol. The Bertz CT molecular complexity index is 1160. The number of H-pyrrole nitrogens is 1. The third kappa shape index (κ3) is 7.25. The summed E-state index contributed by atoms with van der Waals surface area (Å²) in [6.07, 6.45) is 3.96. The van der Waals surface area contributed by atoms with E-state index in [1.54, 1.807) is 0 Å². The Labute approximate surface area is 211 Å². The average Bonchev–Trinajstić information content (AvgIpc) is 2.88. The van der Waals surface area contributed by atoms with E-state index in [1.165, 1.54) is 18.9 Å². The molecule has 3 aromatic rings. The molecule has 0 bridgehead atoms. The van der Waals surface area contributed by atoms with Crippen molar-refractivity contribution >= 4 is 22.7 Å². The molecule has 0 amide bonds. The molecule has 1 saturated heterocycles. The van der Waals surface area contributed by atoms with Gasteiger partial charge in [0.15, 0.2) is 0 Å². The van der Waals surface area contributed by atoms with Gasteiger partial charge in [-0.15, -0.1) is 0 Å². The van der Waals surface area contributed by atoms with Gasteiger partial charge in [0, 0.05) is 36.8 Å². The van der Waals surface area contributed by atoms with Crippen molar-refractivity contribution in [3.8, 4) is 5.75 Å². The highest BCUT2D eigenvalue weighted by molar-refractivity contribution is 5.79. The molecule has 1 aliphatic rings. The first-order valence-electron chi connectivity index (χ1n) is 12.9. The molecule has 9 nitrogen and oxygen atoms in total. The van der Waals surface area contributed by atoms with E-state index < -0.39 is 6.10 Å². The van der Waals surface area contributed by atoms with Gasteiger partial charge in [-0.2, -0.15) is 4.98 Å². The Balaban J connectivity index is 1.41. The molecule has 2 unspecified atom stereocenters. The van der Waals surface area contributed by atoms with Gasteiger partial charge in [0.2, 0.25) is 11.5 Å². The number of aromatic nitrogens is 3. The topological polar surface area (TPSA) is 113 Å². The number of nitrogens with one attached hydrogen (secondary N) is 2. The maximum Gasteiger partial charge on any atom is 0.249 e. The smallest absolute Gasteiger partial charge is 0.249 e. The lowest BCUT2D eigenvalue weighted by molar-refractivity contribution is 0.00466. The normalized spacial score (nSPS) is 16.1. The first kappa shape index (κ1) is 26.1. The lowest BCUT2D eigenvalue weighted by atomic mass is 9.97. The zero-order chi connectivity index (χ0) is 25.3. The summed E-state index contributed by atoms with van der Waals surface area (Å²) >= 11 is 0. The fourth-order valence-electron chi connectivity index (χ4n) is 4.42. The molecular formula is C27H37N5O4. The summed E-state index contributed by atoms with van der Waals surface area (Å²) in [7, 11) is 0. The molecule has 4 rings (SSSR count). The van der Waals surface area contributed by atoms with Gasteiger partial charge in [0.25, 0.3) is 0 Å². The van der Waals surface area contributed by atoms with E-state index >= 15 is 0 Å². The predicted molar refractivity (Wildman–Crippen MR) is 141 cm³/mol. The molecule has 0 saturated carbocycles. The Morgan fingerprint density at radius 1 is 1.14 bits per heavy atom. The highest BCUT2D eigenvalue weighted by Crippen LogP contribution is 2.28. The number of unbranched alkanes of at least 4 members (excludes halogenated alkanes) is 2. The SMILES string of the molecule is CCCCCC(C)c1nc(Nc2ccc(OCC(O)CN3CCOCC3)cc2)nc2[nH]c(=O)ccc12. The van der Waals surface area contributed by atoms with Gasteiger partial charge in [0.05, 0.1) is 18.9 Å². The number of hydrogen-bond donors (Lipinski definition) is 3. The van der Waals surface area contributed by atoms with Crippen LogP contribution in [-0.2, 0) is 4.74 Å². The van der Waals surface area contributed by atoms with Gasteiger partial charge in [-0.1, -0.05) is 33.1 Å². The number of β-amino-alcohol motifs (C(OH)–C–C–N with tert-alkyl or cyclic N) is 1. The molecule has 1 aromatic carbocycles.